The Bertz CT molecular complexity index is 730. The third kappa shape index (κ3) is 3.31. The summed E-state index contributed by atoms with van der Waals surface area (Å²) >= 11 is 0. The highest BCUT2D eigenvalue weighted by Gasteiger charge is 2.31. The summed E-state index contributed by atoms with van der Waals surface area (Å²) in [6, 6.07) is 5.81. The Morgan fingerprint density at radius 2 is 1.60 bits per heavy atom. The molecule has 0 bridgehead atoms. The van der Waals surface area contributed by atoms with E-state index >= 15 is 0 Å². The Morgan fingerprint density at radius 3 is 2.00 bits per heavy atom. The number of isocyanates is 1. The largest absolute Gasteiger partial charge is 0.345 e. The van der Waals surface area contributed by atoms with Gasteiger partial charge in [0.2, 0.25) is 0 Å². The number of rotatable bonds is 5. The molecule has 0 saturated carbocycles. The summed E-state index contributed by atoms with van der Waals surface area (Å²) in [7, 11) is -8.08. The molecule has 0 radical (unpaired) electrons. The molecule has 110 valence electrons. The Balaban J connectivity index is 3.27. The lowest BCUT2D eigenvalue weighted by molar-refractivity contribution is 0.525. The van der Waals surface area contributed by atoms with Crippen molar-refractivity contribution >= 4 is 26.3 Å². The van der Waals surface area contributed by atoms with Crippen LogP contribution >= 0.6 is 0 Å². The van der Waals surface area contributed by atoms with Crippen molar-refractivity contribution in [3.05, 3.63) is 29.8 Å². The molecule has 20 heavy (non-hydrogen) atoms. The molecule has 1 aromatic carbocycles. The second-order valence-corrected chi connectivity index (χ2v) is 8.10. The van der Waals surface area contributed by atoms with Crippen LogP contribution in [-0.4, -0.2) is 33.7 Å². The molecule has 1 aromatic rings. The monoisotopic (exact) mass is 318 g/mol. The molecule has 0 aliphatic rings. The second-order valence-electron chi connectivity index (χ2n) is 4.27. The maximum atomic E-state index is 12.1. The van der Waals surface area contributed by atoms with E-state index in [1.54, 1.807) is 12.1 Å². The SMILES string of the molecule is CC(C)c1ccc(S(=O)(=O)N(C)S(=O)(=O)N=C=O)cc1. The van der Waals surface area contributed by atoms with Gasteiger partial charge in [0.25, 0.3) is 16.1 Å². The van der Waals surface area contributed by atoms with E-state index in [0.717, 1.165) is 18.7 Å². The minimum absolute atomic E-state index is 0.0370. The number of nitrogens with zero attached hydrogens (tertiary/aromatic N) is 2. The third-order valence-electron chi connectivity index (χ3n) is 2.66. The zero-order valence-corrected chi connectivity index (χ0v) is 12.8. The first-order chi connectivity index (χ1) is 9.13. The van der Waals surface area contributed by atoms with Gasteiger partial charge in [-0.15, -0.1) is 0 Å². The van der Waals surface area contributed by atoms with Gasteiger partial charge in [0.15, 0.2) is 0 Å². The summed E-state index contributed by atoms with van der Waals surface area (Å²) in [5.41, 5.74) is 0.917. The molecule has 7 nitrogen and oxygen atoms in total. The second kappa shape index (κ2) is 5.84. The van der Waals surface area contributed by atoms with Crippen LogP contribution in [0.1, 0.15) is 25.3 Å². The van der Waals surface area contributed by atoms with Gasteiger partial charge in [0, 0.05) is 7.05 Å². The highest BCUT2D eigenvalue weighted by molar-refractivity contribution is 8.03. The number of hydrogen-bond donors (Lipinski definition) is 0. The van der Waals surface area contributed by atoms with Crippen LogP contribution < -0.4 is 0 Å². The molecule has 0 spiro atoms. The lowest BCUT2D eigenvalue weighted by Gasteiger charge is -2.14. The fourth-order valence-electron chi connectivity index (χ4n) is 1.40. The lowest BCUT2D eigenvalue weighted by atomic mass is 10.0. The zero-order chi connectivity index (χ0) is 15.6. The minimum Gasteiger partial charge on any atom is -0.210 e. The van der Waals surface area contributed by atoms with E-state index in [0.29, 0.717) is 0 Å². The van der Waals surface area contributed by atoms with E-state index in [4.69, 9.17) is 0 Å². The summed E-state index contributed by atoms with van der Waals surface area (Å²) < 4.78 is 49.6. The smallest absolute Gasteiger partial charge is 0.210 e. The van der Waals surface area contributed by atoms with Crippen LogP contribution in [0.15, 0.2) is 33.6 Å². The van der Waals surface area contributed by atoms with E-state index in [9.17, 15) is 21.6 Å². The van der Waals surface area contributed by atoms with Crippen molar-refractivity contribution in [2.75, 3.05) is 7.05 Å². The molecule has 0 atom stereocenters. The maximum Gasteiger partial charge on any atom is 0.345 e. The van der Waals surface area contributed by atoms with E-state index in [1.807, 2.05) is 13.8 Å². The van der Waals surface area contributed by atoms with Crippen molar-refractivity contribution in [1.82, 2.24) is 3.71 Å². The van der Waals surface area contributed by atoms with Crippen LogP contribution in [0.3, 0.4) is 0 Å². The molecule has 0 heterocycles. The molecule has 0 N–H and O–H groups in total. The third-order valence-corrected chi connectivity index (χ3v) is 6.31. The van der Waals surface area contributed by atoms with Crippen molar-refractivity contribution < 1.29 is 21.6 Å². The first kappa shape index (κ1) is 16.5. The Kier molecular flexibility index (Phi) is 4.82. The topological polar surface area (TPSA) is 101 Å². The summed E-state index contributed by atoms with van der Waals surface area (Å²) in [6.07, 6.45) is 0.817. The van der Waals surface area contributed by atoms with Gasteiger partial charge in [0.05, 0.1) is 4.90 Å². The van der Waals surface area contributed by atoms with Gasteiger partial charge in [0.1, 0.15) is 0 Å². The molecule has 0 saturated heterocycles. The summed E-state index contributed by atoms with van der Waals surface area (Å²) in [5.74, 6) is 0.216. The highest BCUT2D eigenvalue weighted by atomic mass is 32.3. The molecule has 0 amide bonds. The van der Waals surface area contributed by atoms with E-state index in [1.165, 1.54) is 12.1 Å². The molecule has 0 fully saturated rings. The molecular formula is C11H14N2O5S2. The van der Waals surface area contributed by atoms with Gasteiger partial charge < -0.3 is 0 Å². The van der Waals surface area contributed by atoms with E-state index in [2.05, 4.69) is 4.40 Å². The van der Waals surface area contributed by atoms with Gasteiger partial charge in [-0.05, 0) is 23.6 Å². The molecule has 9 heteroatoms. The lowest BCUT2D eigenvalue weighted by Crippen LogP contribution is -2.31. The summed E-state index contributed by atoms with van der Waals surface area (Å²) in [5, 5.41) is 0. The van der Waals surface area contributed by atoms with E-state index in [-0.39, 0.29) is 14.5 Å². The first-order valence-electron chi connectivity index (χ1n) is 5.56. The fourth-order valence-corrected chi connectivity index (χ4v) is 3.74. The van der Waals surface area contributed by atoms with Gasteiger partial charge >= 0.3 is 10.2 Å². The van der Waals surface area contributed by atoms with Crippen LogP contribution in [0.2, 0.25) is 0 Å². The van der Waals surface area contributed by atoms with Crippen LogP contribution in [-0.2, 0) is 25.0 Å². The molecule has 0 aromatic heterocycles. The molecule has 0 aliphatic carbocycles. The Morgan fingerprint density at radius 1 is 1.10 bits per heavy atom. The number of hydrogen-bond acceptors (Lipinski definition) is 5. The van der Waals surface area contributed by atoms with Crippen molar-refractivity contribution in [2.24, 2.45) is 4.40 Å². The van der Waals surface area contributed by atoms with Gasteiger partial charge in [-0.1, -0.05) is 34.1 Å². The van der Waals surface area contributed by atoms with E-state index < -0.39 is 20.2 Å². The summed E-state index contributed by atoms with van der Waals surface area (Å²) in [6.45, 7) is 3.89. The molecular weight excluding hydrogens is 304 g/mol. The Hall–Kier alpha value is -1.54. The zero-order valence-electron chi connectivity index (χ0n) is 11.1. The van der Waals surface area contributed by atoms with Crippen molar-refractivity contribution in [3.8, 4) is 0 Å². The van der Waals surface area contributed by atoms with Crippen LogP contribution in [0.25, 0.3) is 0 Å². The standard InChI is InChI=1S/C11H14N2O5S2/c1-9(2)10-4-6-11(7-5-10)19(15,16)13(3)20(17,18)12-8-14/h4-7,9H,1-3H3. The molecule has 1 rings (SSSR count). The van der Waals surface area contributed by atoms with Crippen molar-refractivity contribution in [2.45, 2.75) is 24.7 Å². The predicted octanol–water partition coefficient (Wildman–Crippen LogP) is 1.01. The normalized spacial score (nSPS) is 12.4. The first-order valence-corrected chi connectivity index (χ1v) is 8.40. The van der Waals surface area contributed by atoms with Crippen molar-refractivity contribution in [1.29, 1.82) is 0 Å². The van der Waals surface area contributed by atoms with Gasteiger partial charge in [-0.3, -0.25) is 0 Å². The fraction of sp³-hybridized carbons (Fsp3) is 0.364. The molecule has 0 aliphatic heterocycles. The Labute approximate surface area is 118 Å². The number of sulfonamides is 1. The average molecular weight is 318 g/mol. The van der Waals surface area contributed by atoms with Gasteiger partial charge in [-0.2, -0.15) is 8.42 Å². The summed E-state index contributed by atoms with van der Waals surface area (Å²) in [4.78, 5) is 9.82. The maximum absolute atomic E-state index is 12.1. The predicted molar refractivity (Wildman–Crippen MR) is 72.5 cm³/mol. The number of carbonyl (C=O) groups excluding carboxylic acids is 1. The quantitative estimate of drug-likeness (QED) is 0.595. The van der Waals surface area contributed by atoms with Crippen LogP contribution in [0.4, 0.5) is 0 Å². The van der Waals surface area contributed by atoms with Crippen LogP contribution in [0, 0.1) is 0 Å². The van der Waals surface area contributed by atoms with Crippen LogP contribution in [0.5, 0.6) is 0 Å². The highest BCUT2D eigenvalue weighted by Crippen LogP contribution is 2.21. The van der Waals surface area contributed by atoms with Gasteiger partial charge in [-0.25, -0.2) is 13.2 Å². The molecule has 0 unspecified atom stereocenters. The average Bonchev–Trinajstić information content (AvgIpc) is 2.37. The number of benzene rings is 1. The minimum atomic E-state index is -4.60. The van der Waals surface area contributed by atoms with Crippen molar-refractivity contribution in [3.63, 3.8) is 0 Å².